The molecule has 0 bridgehead atoms. The summed E-state index contributed by atoms with van der Waals surface area (Å²) < 4.78 is 38.3. The number of pyridine rings is 1. The quantitative estimate of drug-likeness (QED) is 0.838. The fraction of sp³-hybridized carbons (Fsp3) is 0.500. The molecule has 1 heterocycles. The molecule has 0 saturated heterocycles. The number of rotatable bonds is 4. The average Bonchev–Trinajstić information content (AvgIpc) is 2.18. The van der Waals surface area contributed by atoms with Crippen molar-refractivity contribution in [1.82, 2.24) is 10.3 Å². The maximum absolute atomic E-state index is 12.9. The number of nitrogens with one attached hydrogen (secondary N) is 1. The van der Waals surface area contributed by atoms with Gasteiger partial charge in [-0.2, -0.15) is 0 Å². The lowest BCUT2D eigenvalue weighted by Gasteiger charge is -2.28. The second-order valence-corrected chi connectivity index (χ2v) is 3.40. The lowest BCUT2D eigenvalue weighted by molar-refractivity contribution is 0.0368. The van der Waals surface area contributed by atoms with Crippen LogP contribution in [0.5, 0.6) is 0 Å². The molecule has 0 aliphatic heterocycles. The monoisotopic (exact) mass is 218 g/mol. The molecule has 1 unspecified atom stereocenters. The molecule has 0 saturated carbocycles. The molecule has 5 heteroatoms. The zero-order chi connectivity index (χ0) is 11.5. The molecular weight excluding hydrogens is 205 g/mol. The van der Waals surface area contributed by atoms with E-state index in [9.17, 15) is 13.2 Å². The van der Waals surface area contributed by atoms with Crippen LogP contribution in [0.25, 0.3) is 0 Å². The molecule has 0 fully saturated rings. The van der Waals surface area contributed by atoms with Crippen LogP contribution in [-0.4, -0.2) is 18.0 Å². The van der Waals surface area contributed by atoms with Crippen molar-refractivity contribution in [2.75, 3.05) is 6.54 Å². The summed E-state index contributed by atoms with van der Waals surface area (Å²) >= 11 is 0. The maximum Gasteiger partial charge on any atom is 0.261 e. The number of hydrogen-bond acceptors (Lipinski definition) is 2. The molecule has 2 nitrogen and oxygen atoms in total. The molecule has 1 N–H and O–H groups in total. The summed E-state index contributed by atoms with van der Waals surface area (Å²) in [5, 5.41) is 2.66. The molecule has 1 atom stereocenters. The van der Waals surface area contributed by atoms with E-state index >= 15 is 0 Å². The number of alkyl halides is 2. The van der Waals surface area contributed by atoms with E-state index < -0.39 is 17.8 Å². The summed E-state index contributed by atoms with van der Waals surface area (Å²) in [5.41, 5.74) is -1.39. The Hall–Kier alpha value is -1.10. The molecule has 15 heavy (non-hydrogen) atoms. The molecule has 1 aromatic heterocycles. The molecule has 0 amide bonds. The first kappa shape index (κ1) is 12.0. The number of aromatic nitrogens is 1. The Kier molecular flexibility index (Phi) is 3.68. The predicted octanol–water partition coefficient (Wildman–Crippen LogP) is 2.31. The highest BCUT2D eigenvalue weighted by molar-refractivity contribution is 5.16. The first-order chi connectivity index (χ1) is 7.00. The molecule has 0 aromatic carbocycles. The van der Waals surface area contributed by atoms with E-state index in [0.717, 1.165) is 12.3 Å². The van der Waals surface area contributed by atoms with Crippen molar-refractivity contribution in [1.29, 1.82) is 0 Å². The van der Waals surface area contributed by atoms with Gasteiger partial charge in [-0.1, -0.05) is 6.92 Å². The van der Waals surface area contributed by atoms with Gasteiger partial charge in [0.25, 0.3) is 6.43 Å². The first-order valence-corrected chi connectivity index (χ1v) is 4.66. The van der Waals surface area contributed by atoms with Gasteiger partial charge in [0.2, 0.25) is 0 Å². The Morgan fingerprint density at radius 3 is 2.53 bits per heavy atom. The zero-order valence-electron chi connectivity index (χ0n) is 8.60. The highest BCUT2D eigenvalue weighted by Crippen LogP contribution is 2.26. The highest BCUT2D eigenvalue weighted by atomic mass is 19.3. The standard InChI is InChI=1S/C10H13F3N2/c1-3-15-10(2,9(12)13)8-5-4-7(11)6-14-8/h4-6,9,15H,3H2,1-2H3. The molecule has 84 valence electrons. The third kappa shape index (κ3) is 2.47. The fourth-order valence-electron chi connectivity index (χ4n) is 1.33. The third-order valence-corrected chi connectivity index (χ3v) is 2.24. The van der Waals surface area contributed by atoms with E-state index in [0.29, 0.717) is 6.54 Å². The smallest absolute Gasteiger partial charge is 0.261 e. The third-order valence-electron chi connectivity index (χ3n) is 2.24. The van der Waals surface area contributed by atoms with Gasteiger partial charge < -0.3 is 5.32 Å². The van der Waals surface area contributed by atoms with Crippen LogP contribution < -0.4 is 5.32 Å². The first-order valence-electron chi connectivity index (χ1n) is 4.66. The summed E-state index contributed by atoms with van der Waals surface area (Å²) in [6, 6.07) is 2.39. The maximum atomic E-state index is 12.9. The Morgan fingerprint density at radius 2 is 2.13 bits per heavy atom. The van der Waals surface area contributed by atoms with E-state index in [2.05, 4.69) is 10.3 Å². The normalized spacial score (nSPS) is 15.3. The van der Waals surface area contributed by atoms with Crippen LogP contribution in [0, 0.1) is 5.82 Å². The van der Waals surface area contributed by atoms with E-state index in [1.165, 1.54) is 13.0 Å². The van der Waals surface area contributed by atoms with Crippen LogP contribution in [-0.2, 0) is 5.54 Å². The average molecular weight is 218 g/mol. The van der Waals surface area contributed by atoms with Gasteiger partial charge in [0.1, 0.15) is 11.4 Å². The summed E-state index contributed by atoms with van der Waals surface area (Å²) in [7, 11) is 0. The summed E-state index contributed by atoms with van der Waals surface area (Å²) in [4.78, 5) is 3.67. The fourth-order valence-corrected chi connectivity index (χ4v) is 1.33. The van der Waals surface area contributed by atoms with Gasteiger partial charge in [0, 0.05) is 0 Å². The topological polar surface area (TPSA) is 24.9 Å². The van der Waals surface area contributed by atoms with Crippen molar-refractivity contribution in [3.05, 3.63) is 29.8 Å². The van der Waals surface area contributed by atoms with Gasteiger partial charge >= 0.3 is 0 Å². The SMILES string of the molecule is CCNC(C)(c1ccc(F)cn1)C(F)F. The van der Waals surface area contributed by atoms with Crippen LogP contribution in [0.1, 0.15) is 19.5 Å². The van der Waals surface area contributed by atoms with E-state index in [-0.39, 0.29) is 5.69 Å². The second kappa shape index (κ2) is 4.61. The van der Waals surface area contributed by atoms with Gasteiger partial charge in [-0.25, -0.2) is 13.2 Å². The number of hydrogen-bond donors (Lipinski definition) is 1. The molecule has 0 radical (unpaired) electrons. The van der Waals surface area contributed by atoms with Gasteiger partial charge in [-0.05, 0) is 25.6 Å². The number of halogens is 3. The molecule has 1 aromatic rings. The zero-order valence-corrected chi connectivity index (χ0v) is 8.60. The second-order valence-electron chi connectivity index (χ2n) is 3.40. The predicted molar refractivity (Wildman–Crippen MR) is 51.2 cm³/mol. The summed E-state index contributed by atoms with van der Waals surface area (Å²) in [6.07, 6.45) is -1.66. The van der Waals surface area contributed by atoms with Crippen LogP contribution in [0.2, 0.25) is 0 Å². The summed E-state index contributed by atoms with van der Waals surface area (Å²) in [5.74, 6) is -0.535. The van der Waals surface area contributed by atoms with Crippen molar-refractivity contribution in [2.45, 2.75) is 25.8 Å². The van der Waals surface area contributed by atoms with Gasteiger partial charge in [-0.3, -0.25) is 4.98 Å². The van der Waals surface area contributed by atoms with Gasteiger partial charge in [-0.15, -0.1) is 0 Å². The van der Waals surface area contributed by atoms with Crippen LogP contribution >= 0.6 is 0 Å². The Morgan fingerprint density at radius 1 is 1.47 bits per heavy atom. The minimum Gasteiger partial charge on any atom is -0.302 e. The van der Waals surface area contributed by atoms with Crippen molar-refractivity contribution in [3.63, 3.8) is 0 Å². The van der Waals surface area contributed by atoms with Crippen molar-refractivity contribution >= 4 is 0 Å². The lowest BCUT2D eigenvalue weighted by atomic mass is 9.97. The van der Waals surface area contributed by atoms with Crippen molar-refractivity contribution in [3.8, 4) is 0 Å². The lowest BCUT2D eigenvalue weighted by Crippen LogP contribution is -2.46. The van der Waals surface area contributed by atoms with Gasteiger partial charge in [0.05, 0.1) is 11.9 Å². The van der Waals surface area contributed by atoms with E-state index in [1.807, 2.05) is 0 Å². The van der Waals surface area contributed by atoms with Crippen LogP contribution in [0.4, 0.5) is 13.2 Å². The summed E-state index contributed by atoms with van der Waals surface area (Å²) in [6.45, 7) is 3.46. The number of nitrogens with zero attached hydrogens (tertiary/aromatic N) is 1. The molecule has 0 spiro atoms. The largest absolute Gasteiger partial charge is 0.302 e. The van der Waals surface area contributed by atoms with E-state index in [4.69, 9.17) is 0 Å². The molecule has 0 aliphatic rings. The molecule has 0 aliphatic carbocycles. The molecular formula is C10H13F3N2. The Labute approximate surface area is 86.5 Å². The molecule has 1 rings (SSSR count). The van der Waals surface area contributed by atoms with E-state index in [1.54, 1.807) is 6.92 Å². The van der Waals surface area contributed by atoms with Crippen LogP contribution in [0.15, 0.2) is 18.3 Å². The Bertz CT molecular complexity index is 313. The minimum absolute atomic E-state index is 0.140. The van der Waals surface area contributed by atoms with Gasteiger partial charge in [0.15, 0.2) is 0 Å². The highest BCUT2D eigenvalue weighted by Gasteiger charge is 2.37. The van der Waals surface area contributed by atoms with Crippen molar-refractivity contribution in [2.24, 2.45) is 0 Å². The Balaban J connectivity index is 3.04. The van der Waals surface area contributed by atoms with Crippen LogP contribution in [0.3, 0.4) is 0 Å². The van der Waals surface area contributed by atoms with Crippen molar-refractivity contribution < 1.29 is 13.2 Å². The minimum atomic E-state index is -2.60.